The number of aromatic amines is 1. The molecule has 0 aliphatic heterocycles. The van der Waals surface area contributed by atoms with Gasteiger partial charge in [-0.1, -0.05) is 6.42 Å². The van der Waals surface area contributed by atoms with Gasteiger partial charge in [0.2, 0.25) is 0 Å². The van der Waals surface area contributed by atoms with Crippen LogP contribution in [0.2, 0.25) is 0 Å². The molecule has 1 fully saturated rings. The van der Waals surface area contributed by atoms with Crippen LogP contribution in [0.5, 0.6) is 0 Å². The van der Waals surface area contributed by atoms with Crippen molar-refractivity contribution in [2.75, 3.05) is 0 Å². The van der Waals surface area contributed by atoms with E-state index in [9.17, 15) is 13.2 Å². The minimum atomic E-state index is -4.28. The molecule has 0 atom stereocenters. The van der Waals surface area contributed by atoms with Gasteiger partial charge in [0.15, 0.2) is 5.82 Å². The summed E-state index contributed by atoms with van der Waals surface area (Å²) < 4.78 is 38.5. The fourth-order valence-electron chi connectivity index (χ4n) is 1.76. The number of hydrogen-bond acceptors (Lipinski definition) is 3. The van der Waals surface area contributed by atoms with Crippen molar-refractivity contribution < 1.29 is 13.2 Å². The zero-order valence-electron chi connectivity index (χ0n) is 7.93. The van der Waals surface area contributed by atoms with Crippen molar-refractivity contribution in [3.8, 4) is 0 Å². The smallest absolute Gasteiger partial charge is 0.324 e. The molecule has 1 saturated carbocycles. The van der Waals surface area contributed by atoms with Gasteiger partial charge in [-0.05, 0) is 12.8 Å². The van der Waals surface area contributed by atoms with Crippen LogP contribution >= 0.6 is 0 Å². The number of hydrogen-bond donors (Lipinski definition) is 2. The molecule has 0 saturated heterocycles. The van der Waals surface area contributed by atoms with Crippen molar-refractivity contribution in [3.05, 3.63) is 11.6 Å². The molecule has 0 unspecified atom stereocenters. The molecular weight excluding hydrogens is 209 g/mol. The van der Waals surface area contributed by atoms with E-state index in [4.69, 9.17) is 5.73 Å². The maximum absolute atomic E-state index is 12.8. The highest BCUT2D eigenvalue weighted by Gasteiger charge is 2.61. The van der Waals surface area contributed by atoms with Gasteiger partial charge in [-0.15, -0.1) is 0 Å². The first-order valence-corrected chi connectivity index (χ1v) is 4.68. The highest BCUT2D eigenvalue weighted by molar-refractivity contribution is 5.17. The Labute approximate surface area is 84.1 Å². The molecular formula is C8H11F3N4. The number of nitrogens with zero attached hydrogens (tertiary/aromatic N) is 2. The molecule has 1 heterocycles. The maximum atomic E-state index is 12.8. The Morgan fingerprint density at radius 3 is 2.40 bits per heavy atom. The molecule has 0 radical (unpaired) electrons. The quantitative estimate of drug-likeness (QED) is 0.788. The van der Waals surface area contributed by atoms with Crippen LogP contribution in [0, 0.1) is 0 Å². The summed E-state index contributed by atoms with van der Waals surface area (Å²) in [4.78, 5) is 3.78. The minimum absolute atomic E-state index is 0.0678. The molecule has 1 aromatic heterocycles. The molecule has 7 heteroatoms. The molecule has 4 nitrogen and oxygen atoms in total. The van der Waals surface area contributed by atoms with Crippen molar-refractivity contribution in [2.24, 2.45) is 5.73 Å². The highest BCUT2D eigenvalue weighted by atomic mass is 19.4. The van der Waals surface area contributed by atoms with E-state index in [0.717, 1.165) is 0 Å². The Morgan fingerprint density at radius 2 is 2.07 bits per heavy atom. The lowest BCUT2D eigenvalue weighted by Gasteiger charge is -2.40. The second kappa shape index (κ2) is 3.19. The Kier molecular flexibility index (Phi) is 2.22. The number of rotatable bonds is 2. The Morgan fingerprint density at radius 1 is 1.40 bits per heavy atom. The van der Waals surface area contributed by atoms with Crippen LogP contribution in [0.25, 0.3) is 0 Å². The molecule has 15 heavy (non-hydrogen) atoms. The van der Waals surface area contributed by atoms with Crippen LogP contribution in [-0.4, -0.2) is 21.4 Å². The van der Waals surface area contributed by atoms with Crippen molar-refractivity contribution in [1.29, 1.82) is 0 Å². The predicted octanol–water partition coefficient (Wildman–Crippen LogP) is 1.25. The summed E-state index contributed by atoms with van der Waals surface area (Å²) in [5.74, 6) is 0.127. The third kappa shape index (κ3) is 1.41. The zero-order valence-corrected chi connectivity index (χ0v) is 7.93. The standard InChI is InChI=1S/C8H11F3N4/c9-8(10,11)7(2-1-3-7)6-13-5(4-12)14-15-6/h1-4,12H2,(H,13,14,15). The zero-order chi connectivity index (χ0) is 11.1. The average molecular weight is 220 g/mol. The monoisotopic (exact) mass is 220 g/mol. The summed E-state index contributed by atoms with van der Waals surface area (Å²) >= 11 is 0. The van der Waals surface area contributed by atoms with Crippen LogP contribution in [0.15, 0.2) is 0 Å². The number of alkyl halides is 3. The molecule has 1 aromatic rings. The van der Waals surface area contributed by atoms with Gasteiger partial charge in [0.05, 0.1) is 6.54 Å². The van der Waals surface area contributed by atoms with Crippen LogP contribution in [-0.2, 0) is 12.0 Å². The third-order valence-corrected chi connectivity index (χ3v) is 2.90. The summed E-state index contributed by atoms with van der Waals surface area (Å²) in [5.41, 5.74) is 3.42. The molecule has 2 rings (SSSR count). The minimum Gasteiger partial charge on any atom is -0.324 e. The van der Waals surface area contributed by atoms with Gasteiger partial charge in [0.1, 0.15) is 11.2 Å². The summed E-state index contributed by atoms with van der Waals surface area (Å²) in [6, 6.07) is 0. The highest BCUT2D eigenvalue weighted by Crippen LogP contribution is 2.53. The first-order chi connectivity index (χ1) is 6.99. The number of nitrogens with two attached hydrogens (primary N) is 1. The summed E-state index contributed by atoms with van der Waals surface area (Å²) in [5, 5.41) is 6.03. The second-order valence-electron chi connectivity index (χ2n) is 3.74. The van der Waals surface area contributed by atoms with Gasteiger partial charge in [-0.25, -0.2) is 4.98 Å². The lowest BCUT2D eigenvalue weighted by molar-refractivity contribution is -0.215. The SMILES string of the molecule is NCc1nc(C2(C(F)(F)F)CCC2)n[nH]1. The van der Waals surface area contributed by atoms with E-state index in [0.29, 0.717) is 12.2 Å². The third-order valence-electron chi connectivity index (χ3n) is 2.90. The van der Waals surface area contributed by atoms with E-state index in [1.807, 2.05) is 0 Å². The largest absolute Gasteiger partial charge is 0.401 e. The molecule has 1 aliphatic carbocycles. The first-order valence-electron chi connectivity index (χ1n) is 4.68. The van der Waals surface area contributed by atoms with Crippen molar-refractivity contribution >= 4 is 0 Å². The maximum Gasteiger partial charge on any atom is 0.401 e. The summed E-state index contributed by atoms with van der Waals surface area (Å²) in [6.45, 7) is 0.0704. The average Bonchev–Trinajstić information content (AvgIpc) is 2.47. The molecule has 0 bridgehead atoms. The molecule has 3 N–H and O–H groups in total. The summed E-state index contributed by atoms with van der Waals surface area (Å²) in [6.07, 6.45) is -3.58. The van der Waals surface area contributed by atoms with Crippen molar-refractivity contribution in [2.45, 2.75) is 37.4 Å². The number of aromatic nitrogens is 3. The molecule has 0 spiro atoms. The van der Waals surface area contributed by atoms with Crippen molar-refractivity contribution in [1.82, 2.24) is 15.2 Å². The van der Waals surface area contributed by atoms with Gasteiger partial charge in [-0.2, -0.15) is 18.3 Å². The van der Waals surface area contributed by atoms with E-state index < -0.39 is 11.6 Å². The van der Waals surface area contributed by atoms with E-state index in [2.05, 4.69) is 15.2 Å². The lowest BCUT2D eigenvalue weighted by Crippen LogP contribution is -2.48. The normalized spacial score (nSPS) is 20.0. The topological polar surface area (TPSA) is 67.6 Å². The van der Waals surface area contributed by atoms with Crippen LogP contribution in [0.4, 0.5) is 13.2 Å². The predicted molar refractivity (Wildman–Crippen MR) is 45.9 cm³/mol. The molecule has 0 aromatic carbocycles. The van der Waals surface area contributed by atoms with Crippen LogP contribution in [0.1, 0.15) is 30.9 Å². The van der Waals surface area contributed by atoms with E-state index in [1.54, 1.807) is 0 Å². The molecule has 84 valence electrons. The molecule has 1 aliphatic rings. The van der Waals surface area contributed by atoms with E-state index >= 15 is 0 Å². The fraction of sp³-hybridized carbons (Fsp3) is 0.750. The first kappa shape index (κ1) is 10.4. The van der Waals surface area contributed by atoms with Gasteiger partial charge < -0.3 is 5.73 Å². The fourth-order valence-corrected chi connectivity index (χ4v) is 1.76. The molecule has 0 amide bonds. The number of H-pyrrole nitrogens is 1. The lowest BCUT2D eigenvalue weighted by atomic mass is 9.67. The Bertz CT molecular complexity index is 353. The van der Waals surface area contributed by atoms with Gasteiger partial charge in [-0.3, -0.25) is 5.10 Å². The van der Waals surface area contributed by atoms with Crippen molar-refractivity contribution in [3.63, 3.8) is 0 Å². The second-order valence-corrected chi connectivity index (χ2v) is 3.74. The summed E-state index contributed by atoms with van der Waals surface area (Å²) in [7, 11) is 0. The van der Waals surface area contributed by atoms with Gasteiger partial charge >= 0.3 is 6.18 Å². The number of nitrogens with one attached hydrogen (secondary N) is 1. The van der Waals surface area contributed by atoms with Gasteiger partial charge in [0, 0.05) is 0 Å². The van der Waals surface area contributed by atoms with E-state index in [1.165, 1.54) is 0 Å². The Balaban J connectivity index is 2.34. The Hall–Kier alpha value is -1.11. The van der Waals surface area contributed by atoms with Crippen LogP contribution < -0.4 is 5.73 Å². The van der Waals surface area contributed by atoms with Gasteiger partial charge in [0.25, 0.3) is 0 Å². The number of halogens is 3. The van der Waals surface area contributed by atoms with Crippen LogP contribution in [0.3, 0.4) is 0 Å². The van der Waals surface area contributed by atoms with E-state index in [-0.39, 0.29) is 25.2 Å².